The van der Waals surface area contributed by atoms with Crippen molar-refractivity contribution in [2.75, 3.05) is 34.5 Å². The maximum atomic E-state index is 12.6. The van der Waals surface area contributed by atoms with Crippen molar-refractivity contribution < 1.29 is 23.7 Å². The molecule has 5 heteroatoms. The summed E-state index contributed by atoms with van der Waals surface area (Å²) >= 11 is 0. The van der Waals surface area contributed by atoms with Gasteiger partial charge in [-0.3, -0.25) is 4.79 Å². The van der Waals surface area contributed by atoms with E-state index in [1.54, 1.807) is 19.2 Å². The van der Waals surface area contributed by atoms with Crippen molar-refractivity contribution in [3.63, 3.8) is 0 Å². The fourth-order valence-corrected chi connectivity index (χ4v) is 2.48. The largest absolute Gasteiger partial charge is 0.493 e. The number of hydrogen-bond donors (Lipinski definition) is 0. The molecule has 1 aliphatic rings. The van der Waals surface area contributed by atoms with E-state index in [-0.39, 0.29) is 11.7 Å². The van der Waals surface area contributed by atoms with Gasteiger partial charge in [0.2, 0.25) is 5.75 Å². The number of Topliss-reactive ketones (excluding diaryl/α,β-unsaturated/α-hetero) is 1. The number of ether oxygens (including phenoxy) is 4. The van der Waals surface area contributed by atoms with Crippen molar-refractivity contribution in [3.05, 3.63) is 17.7 Å². The first kappa shape index (κ1) is 14.7. The molecular weight excluding hydrogens is 260 g/mol. The number of methoxy groups -OCH3 is 3. The summed E-state index contributed by atoms with van der Waals surface area (Å²) in [6.07, 6.45) is 1.49. The first-order valence-electron chi connectivity index (χ1n) is 6.63. The van der Waals surface area contributed by atoms with Crippen LogP contribution in [0.1, 0.15) is 23.2 Å². The molecule has 5 nitrogen and oxygen atoms in total. The van der Waals surface area contributed by atoms with E-state index in [4.69, 9.17) is 18.9 Å². The van der Waals surface area contributed by atoms with E-state index in [0.29, 0.717) is 36.0 Å². The number of ketones is 1. The number of hydrogen-bond acceptors (Lipinski definition) is 5. The summed E-state index contributed by atoms with van der Waals surface area (Å²) in [6.45, 7) is 1.26. The highest BCUT2D eigenvalue weighted by Crippen LogP contribution is 2.41. The fourth-order valence-electron chi connectivity index (χ4n) is 2.48. The molecule has 0 radical (unpaired) electrons. The molecule has 2 rings (SSSR count). The quantitative estimate of drug-likeness (QED) is 0.775. The second-order valence-corrected chi connectivity index (χ2v) is 4.63. The van der Waals surface area contributed by atoms with Gasteiger partial charge < -0.3 is 18.9 Å². The van der Waals surface area contributed by atoms with Gasteiger partial charge in [-0.1, -0.05) is 0 Å². The van der Waals surface area contributed by atoms with Crippen LogP contribution in [0, 0.1) is 5.92 Å². The molecule has 0 saturated carbocycles. The Balaban J connectivity index is 2.37. The number of carbonyl (C=O) groups excluding carboxylic acids is 1. The van der Waals surface area contributed by atoms with E-state index < -0.39 is 0 Å². The minimum atomic E-state index is -0.0178. The molecule has 1 fully saturated rings. The average Bonchev–Trinajstić information content (AvgIpc) is 2.53. The third-order valence-electron chi connectivity index (χ3n) is 3.56. The van der Waals surface area contributed by atoms with Crippen LogP contribution in [0.25, 0.3) is 0 Å². The molecule has 0 aliphatic carbocycles. The lowest BCUT2D eigenvalue weighted by Crippen LogP contribution is -2.24. The molecule has 1 aliphatic heterocycles. The predicted octanol–water partition coefficient (Wildman–Crippen LogP) is 2.32. The highest BCUT2D eigenvalue weighted by Gasteiger charge is 2.27. The van der Waals surface area contributed by atoms with Crippen LogP contribution >= 0.6 is 0 Å². The molecule has 110 valence electrons. The summed E-state index contributed by atoms with van der Waals surface area (Å²) in [4.78, 5) is 12.6. The van der Waals surface area contributed by atoms with Gasteiger partial charge >= 0.3 is 0 Å². The minimum Gasteiger partial charge on any atom is -0.493 e. The van der Waals surface area contributed by atoms with Crippen LogP contribution in [0.2, 0.25) is 0 Å². The molecule has 0 unspecified atom stereocenters. The van der Waals surface area contributed by atoms with Gasteiger partial charge in [-0.05, 0) is 25.0 Å². The first-order valence-corrected chi connectivity index (χ1v) is 6.63. The number of carbonyl (C=O) groups is 1. The SMILES string of the molecule is COc1ccc(C(=O)C2CCOCC2)c(OC)c1OC. The van der Waals surface area contributed by atoms with E-state index in [1.807, 2.05) is 0 Å². The summed E-state index contributed by atoms with van der Waals surface area (Å²) in [5, 5.41) is 0. The summed E-state index contributed by atoms with van der Waals surface area (Å²) in [5.41, 5.74) is 0.539. The molecule has 20 heavy (non-hydrogen) atoms. The maximum Gasteiger partial charge on any atom is 0.204 e. The third kappa shape index (κ3) is 2.72. The topological polar surface area (TPSA) is 54.0 Å². The Morgan fingerprint density at radius 2 is 1.70 bits per heavy atom. The molecule has 1 aromatic carbocycles. The van der Waals surface area contributed by atoms with Crippen molar-refractivity contribution >= 4 is 5.78 Å². The zero-order chi connectivity index (χ0) is 14.5. The normalized spacial score (nSPS) is 15.8. The van der Waals surface area contributed by atoms with Crippen molar-refractivity contribution in [2.45, 2.75) is 12.8 Å². The van der Waals surface area contributed by atoms with Crippen LogP contribution in [0.3, 0.4) is 0 Å². The first-order chi connectivity index (χ1) is 9.72. The van der Waals surface area contributed by atoms with Crippen LogP contribution in [-0.2, 0) is 4.74 Å². The second kappa shape index (κ2) is 6.61. The van der Waals surface area contributed by atoms with Gasteiger partial charge in [0.05, 0.1) is 26.9 Å². The van der Waals surface area contributed by atoms with Gasteiger partial charge in [-0.2, -0.15) is 0 Å². The van der Waals surface area contributed by atoms with Gasteiger partial charge in [0, 0.05) is 19.1 Å². The van der Waals surface area contributed by atoms with Gasteiger partial charge in [0.1, 0.15) is 0 Å². The van der Waals surface area contributed by atoms with Gasteiger partial charge in [0.25, 0.3) is 0 Å². The lowest BCUT2D eigenvalue weighted by molar-refractivity contribution is 0.0542. The van der Waals surface area contributed by atoms with Crippen LogP contribution in [0.4, 0.5) is 0 Å². The molecule has 0 N–H and O–H groups in total. The number of rotatable bonds is 5. The molecule has 0 bridgehead atoms. The van der Waals surface area contributed by atoms with Gasteiger partial charge in [-0.25, -0.2) is 0 Å². The zero-order valence-electron chi connectivity index (χ0n) is 12.1. The standard InChI is InChI=1S/C15H20O5/c1-17-12-5-4-11(14(18-2)15(12)19-3)13(16)10-6-8-20-9-7-10/h4-5,10H,6-9H2,1-3H3. The molecule has 1 aromatic rings. The van der Waals surface area contributed by atoms with E-state index in [2.05, 4.69) is 0 Å². The van der Waals surface area contributed by atoms with E-state index in [1.165, 1.54) is 14.2 Å². The van der Waals surface area contributed by atoms with Crippen molar-refractivity contribution in [2.24, 2.45) is 5.92 Å². The third-order valence-corrected chi connectivity index (χ3v) is 3.56. The summed E-state index contributed by atoms with van der Waals surface area (Å²) in [6, 6.07) is 3.46. The Morgan fingerprint density at radius 1 is 1.05 bits per heavy atom. The van der Waals surface area contributed by atoms with Crippen LogP contribution in [0.15, 0.2) is 12.1 Å². The van der Waals surface area contributed by atoms with Gasteiger partial charge in [-0.15, -0.1) is 0 Å². The van der Waals surface area contributed by atoms with Crippen molar-refractivity contribution in [1.29, 1.82) is 0 Å². The summed E-state index contributed by atoms with van der Waals surface area (Å²) in [7, 11) is 4.61. The van der Waals surface area contributed by atoms with Crippen molar-refractivity contribution in [3.8, 4) is 17.2 Å². The number of benzene rings is 1. The highest BCUT2D eigenvalue weighted by atomic mass is 16.5. The molecule has 0 amide bonds. The van der Waals surface area contributed by atoms with E-state index >= 15 is 0 Å². The van der Waals surface area contributed by atoms with Gasteiger partial charge in [0.15, 0.2) is 17.3 Å². The molecule has 1 heterocycles. The lowest BCUT2D eigenvalue weighted by atomic mass is 9.90. The summed E-state index contributed by atoms with van der Waals surface area (Å²) in [5.74, 6) is 1.49. The minimum absolute atomic E-state index is 0.0178. The summed E-state index contributed by atoms with van der Waals surface area (Å²) < 4.78 is 21.2. The zero-order valence-corrected chi connectivity index (χ0v) is 12.1. The Kier molecular flexibility index (Phi) is 4.84. The molecular formula is C15H20O5. The van der Waals surface area contributed by atoms with Crippen molar-refractivity contribution in [1.82, 2.24) is 0 Å². The van der Waals surface area contributed by atoms with Crippen LogP contribution in [-0.4, -0.2) is 40.3 Å². The smallest absolute Gasteiger partial charge is 0.204 e. The Bertz CT molecular complexity index is 477. The Hall–Kier alpha value is -1.75. The highest BCUT2D eigenvalue weighted by molar-refractivity contribution is 6.01. The van der Waals surface area contributed by atoms with E-state index in [9.17, 15) is 4.79 Å². The average molecular weight is 280 g/mol. The molecule has 0 spiro atoms. The van der Waals surface area contributed by atoms with Crippen LogP contribution in [0.5, 0.6) is 17.2 Å². The molecule has 1 saturated heterocycles. The van der Waals surface area contributed by atoms with Crippen LogP contribution < -0.4 is 14.2 Å². The van der Waals surface area contributed by atoms with E-state index in [0.717, 1.165) is 12.8 Å². The fraction of sp³-hybridized carbons (Fsp3) is 0.533. The molecule has 0 atom stereocenters. The second-order valence-electron chi connectivity index (χ2n) is 4.63. The molecule has 0 aromatic heterocycles. The Labute approximate surface area is 118 Å². The lowest BCUT2D eigenvalue weighted by Gasteiger charge is -2.22. The monoisotopic (exact) mass is 280 g/mol. The predicted molar refractivity (Wildman–Crippen MR) is 74.0 cm³/mol. The Morgan fingerprint density at radius 3 is 2.25 bits per heavy atom. The maximum absolute atomic E-state index is 12.6.